The van der Waals surface area contributed by atoms with Crippen LogP contribution >= 0.6 is 22.9 Å². The van der Waals surface area contributed by atoms with Crippen LogP contribution in [0.3, 0.4) is 0 Å². The van der Waals surface area contributed by atoms with Crippen LogP contribution in [-0.2, 0) is 19.3 Å². The van der Waals surface area contributed by atoms with E-state index < -0.39 is 11.7 Å². The SMILES string of the molecule is O=C(NCc1cccc(C(F)(F)F)c1)c1cc2sccc2n1Cc1ccccc1Cl. The van der Waals surface area contributed by atoms with E-state index in [0.29, 0.717) is 22.8 Å². The molecule has 8 heteroatoms. The van der Waals surface area contributed by atoms with Gasteiger partial charge in [-0.15, -0.1) is 11.3 Å². The van der Waals surface area contributed by atoms with Crippen LogP contribution in [-0.4, -0.2) is 10.5 Å². The van der Waals surface area contributed by atoms with Crippen molar-refractivity contribution in [1.82, 2.24) is 9.88 Å². The molecule has 0 saturated heterocycles. The third kappa shape index (κ3) is 4.22. The quantitative estimate of drug-likeness (QED) is 0.379. The zero-order valence-corrected chi connectivity index (χ0v) is 17.1. The molecule has 154 valence electrons. The number of amides is 1. The van der Waals surface area contributed by atoms with Gasteiger partial charge >= 0.3 is 6.18 Å². The predicted molar refractivity (Wildman–Crippen MR) is 113 cm³/mol. The molecular weight excluding hydrogens is 433 g/mol. The summed E-state index contributed by atoms with van der Waals surface area (Å²) in [5.74, 6) is -0.358. The van der Waals surface area contributed by atoms with Gasteiger partial charge in [0.1, 0.15) is 5.69 Å². The summed E-state index contributed by atoms with van der Waals surface area (Å²) < 4.78 is 41.5. The normalized spacial score (nSPS) is 11.7. The van der Waals surface area contributed by atoms with Gasteiger partial charge < -0.3 is 9.88 Å². The fourth-order valence-electron chi connectivity index (χ4n) is 3.26. The number of rotatable bonds is 5. The molecule has 0 unspecified atom stereocenters. The van der Waals surface area contributed by atoms with Crippen LogP contribution in [0.2, 0.25) is 5.02 Å². The van der Waals surface area contributed by atoms with Crippen LogP contribution in [0.25, 0.3) is 10.2 Å². The number of carbonyl (C=O) groups is 1. The van der Waals surface area contributed by atoms with Crippen molar-refractivity contribution in [2.45, 2.75) is 19.3 Å². The minimum atomic E-state index is -4.42. The molecule has 2 aromatic carbocycles. The van der Waals surface area contributed by atoms with Gasteiger partial charge in [-0.25, -0.2) is 0 Å². The average molecular weight is 449 g/mol. The first kappa shape index (κ1) is 20.5. The Balaban J connectivity index is 1.58. The Morgan fingerprint density at radius 2 is 1.87 bits per heavy atom. The molecule has 0 aliphatic heterocycles. The lowest BCUT2D eigenvalue weighted by molar-refractivity contribution is -0.137. The lowest BCUT2D eigenvalue weighted by Gasteiger charge is -2.13. The number of thiophene rings is 1. The molecule has 0 bridgehead atoms. The van der Waals surface area contributed by atoms with Gasteiger partial charge in [0.15, 0.2) is 0 Å². The van der Waals surface area contributed by atoms with Gasteiger partial charge in [-0.05, 0) is 46.8 Å². The summed E-state index contributed by atoms with van der Waals surface area (Å²) in [6.45, 7) is 0.403. The average Bonchev–Trinajstić information content (AvgIpc) is 3.30. The molecule has 0 atom stereocenters. The summed E-state index contributed by atoms with van der Waals surface area (Å²) >= 11 is 7.80. The van der Waals surface area contributed by atoms with Crippen molar-refractivity contribution in [3.63, 3.8) is 0 Å². The number of benzene rings is 2. The molecule has 0 radical (unpaired) electrons. The van der Waals surface area contributed by atoms with Crippen molar-refractivity contribution in [3.05, 3.63) is 93.5 Å². The molecule has 0 fully saturated rings. The van der Waals surface area contributed by atoms with E-state index in [-0.39, 0.29) is 12.5 Å². The van der Waals surface area contributed by atoms with E-state index >= 15 is 0 Å². The second-order valence-electron chi connectivity index (χ2n) is 6.76. The number of nitrogens with zero attached hydrogens (tertiary/aromatic N) is 1. The number of alkyl halides is 3. The van der Waals surface area contributed by atoms with Crippen molar-refractivity contribution in [2.75, 3.05) is 0 Å². The molecule has 2 aromatic heterocycles. The summed E-state index contributed by atoms with van der Waals surface area (Å²) in [6, 6.07) is 16.1. The van der Waals surface area contributed by atoms with Crippen molar-refractivity contribution in [2.24, 2.45) is 0 Å². The number of hydrogen-bond acceptors (Lipinski definition) is 2. The van der Waals surface area contributed by atoms with Crippen molar-refractivity contribution >= 4 is 39.1 Å². The van der Waals surface area contributed by atoms with Crippen molar-refractivity contribution in [3.8, 4) is 0 Å². The lowest BCUT2D eigenvalue weighted by Crippen LogP contribution is -2.26. The highest BCUT2D eigenvalue weighted by Gasteiger charge is 2.30. The zero-order chi connectivity index (χ0) is 21.3. The zero-order valence-electron chi connectivity index (χ0n) is 15.5. The molecule has 0 aliphatic rings. The Morgan fingerprint density at radius 3 is 2.63 bits per heavy atom. The molecule has 1 N–H and O–H groups in total. The molecule has 2 heterocycles. The minimum Gasteiger partial charge on any atom is -0.347 e. The summed E-state index contributed by atoms with van der Waals surface area (Å²) in [6.07, 6.45) is -4.42. The van der Waals surface area contributed by atoms with Gasteiger partial charge in [-0.1, -0.05) is 41.9 Å². The molecule has 30 heavy (non-hydrogen) atoms. The second-order valence-corrected chi connectivity index (χ2v) is 8.11. The summed E-state index contributed by atoms with van der Waals surface area (Å²) in [5, 5.41) is 5.27. The standard InChI is InChI=1S/C22H16ClF3N2OS/c23-17-7-2-1-5-15(17)13-28-18-8-9-30-20(18)11-19(28)21(29)27-12-14-4-3-6-16(10-14)22(24,25)26/h1-11H,12-13H2,(H,27,29). The Hall–Kier alpha value is -2.77. The maximum absolute atomic E-state index is 12.9. The van der Waals surface area contributed by atoms with Gasteiger partial charge in [-0.2, -0.15) is 13.2 Å². The van der Waals surface area contributed by atoms with E-state index in [9.17, 15) is 18.0 Å². The van der Waals surface area contributed by atoms with Gasteiger partial charge in [0.05, 0.1) is 15.8 Å². The number of halogens is 4. The van der Waals surface area contributed by atoms with E-state index in [4.69, 9.17) is 11.6 Å². The third-order valence-corrected chi connectivity index (χ3v) is 5.97. The maximum atomic E-state index is 12.9. The van der Waals surface area contributed by atoms with Gasteiger partial charge in [0.2, 0.25) is 0 Å². The van der Waals surface area contributed by atoms with Crippen LogP contribution in [0.5, 0.6) is 0 Å². The van der Waals surface area contributed by atoms with Gasteiger partial charge in [-0.3, -0.25) is 4.79 Å². The maximum Gasteiger partial charge on any atom is 0.416 e. The molecular formula is C22H16ClF3N2OS. The smallest absolute Gasteiger partial charge is 0.347 e. The molecule has 3 nitrogen and oxygen atoms in total. The van der Waals surface area contributed by atoms with Crippen LogP contribution in [0.4, 0.5) is 13.2 Å². The van der Waals surface area contributed by atoms with Crippen LogP contribution < -0.4 is 5.32 Å². The Bertz CT molecular complexity index is 1210. The van der Waals surface area contributed by atoms with Gasteiger partial charge in [0, 0.05) is 18.1 Å². The third-order valence-electron chi connectivity index (χ3n) is 4.75. The Labute approximate surface area is 179 Å². The molecule has 0 spiro atoms. The summed E-state index contributed by atoms with van der Waals surface area (Å²) in [7, 11) is 0. The minimum absolute atomic E-state index is 0.00627. The summed E-state index contributed by atoms with van der Waals surface area (Å²) in [4.78, 5) is 12.9. The van der Waals surface area contributed by atoms with E-state index in [1.54, 1.807) is 18.2 Å². The highest BCUT2D eigenvalue weighted by atomic mass is 35.5. The van der Waals surface area contributed by atoms with Crippen LogP contribution in [0, 0.1) is 0 Å². The monoisotopic (exact) mass is 448 g/mol. The fourth-order valence-corrected chi connectivity index (χ4v) is 4.28. The van der Waals surface area contributed by atoms with E-state index in [2.05, 4.69) is 5.32 Å². The van der Waals surface area contributed by atoms with Crippen molar-refractivity contribution < 1.29 is 18.0 Å². The predicted octanol–water partition coefficient (Wildman–Crippen LogP) is 6.35. The van der Waals surface area contributed by atoms with Crippen molar-refractivity contribution in [1.29, 1.82) is 0 Å². The van der Waals surface area contributed by atoms with Crippen LogP contribution in [0.1, 0.15) is 27.2 Å². The first-order valence-electron chi connectivity index (χ1n) is 9.07. The number of carbonyl (C=O) groups excluding carboxylic acids is 1. The molecule has 4 rings (SSSR count). The Morgan fingerprint density at radius 1 is 1.07 bits per heavy atom. The molecule has 4 aromatic rings. The first-order valence-corrected chi connectivity index (χ1v) is 10.3. The van der Waals surface area contributed by atoms with E-state index in [1.807, 2.05) is 34.2 Å². The van der Waals surface area contributed by atoms with Gasteiger partial charge in [0.25, 0.3) is 5.91 Å². The molecule has 1 amide bonds. The largest absolute Gasteiger partial charge is 0.416 e. The lowest BCUT2D eigenvalue weighted by atomic mass is 10.1. The highest BCUT2D eigenvalue weighted by molar-refractivity contribution is 7.17. The summed E-state index contributed by atoms with van der Waals surface area (Å²) in [5.41, 5.74) is 1.85. The number of nitrogens with one attached hydrogen (secondary N) is 1. The van der Waals surface area contributed by atoms with E-state index in [1.165, 1.54) is 17.4 Å². The second kappa shape index (κ2) is 8.16. The van der Waals surface area contributed by atoms with E-state index in [0.717, 1.165) is 27.9 Å². The number of fused-ring (bicyclic) bond motifs is 1. The Kier molecular flexibility index (Phi) is 5.58. The highest BCUT2D eigenvalue weighted by Crippen LogP contribution is 2.30. The number of hydrogen-bond donors (Lipinski definition) is 1. The first-order chi connectivity index (χ1) is 14.3. The number of aromatic nitrogens is 1. The van der Waals surface area contributed by atoms with Crippen LogP contribution in [0.15, 0.2) is 66.0 Å². The molecule has 0 aliphatic carbocycles. The molecule has 0 saturated carbocycles. The topological polar surface area (TPSA) is 34.0 Å². The fraction of sp³-hybridized carbons (Fsp3) is 0.136.